The van der Waals surface area contributed by atoms with Crippen LogP contribution in [-0.2, 0) is 16.6 Å². The zero-order valence-corrected chi connectivity index (χ0v) is 9.90. The van der Waals surface area contributed by atoms with Gasteiger partial charge in [-0.2, -0.15) is 0 Å². The monoisotopic (exact) mass is 257 g/mol. The molecule has 1 N–H and O–H groups in total. The number of hydrogen-bond acceptors (Lipinski definition) is 4. The van der Waals surface area contributed by atoms with Gasteiger partial charge in [0.1, 0.15) is 5.56 Å². The molecule has 6 nitrogen and oxygen atoms in total. The molecular formula is C10H11NO5S. The van der Waals surface area contributed by atoms with Gasteiger partial charge in [-0.15, -0.1) is 0 Å². The van der Waals surface area contributed by atoms with Crippen molar-refractivity contribution in [1.29, 1.82) is 0 Å². The SMILES string of the molecule is CCS(=O)Cc1cccc([N+](=O)[O-])c1C(=O)O. The van der Waals surface area contributed by atoms with Gasteiger partial charge in [-0.3, -0.25) is 14.3 Å². The number of carboxylic acid groups (broad SMARTS) is 1. The third-order valence-electron chi connectivity index (χ3n) is 2.18. The van der Waals surface area contributed by atoms with Gasteiger partial charge in [0, 0.05) is 28.4 Å². The van der Waals surface area contributed by atoms with E-state index in [2.05, 4.69) is 0 Å². The highest BCUT2D eigenvalue weighted by molar-refractivity contribution is 7.84. The van der Waals surface area contributed by atoms with Crippen molar-refractivity contribution in [3.8, 4) is 0 Å². The number of carboxylic acids is 1. The van der Waals surface area contributed by atoms with Gasteiger partial charge in [-0.1, -0.05) is 19.1 Å². The molecule has 0 fully saturated rings. The first kappa shape index (κ1) is 13.3. The second-order valence-corrected chi connectivity index (χ2v) is 4.99. The molecule has 1 rings (SSSR count). The Hall–Kier alpha value is -1.76. The smallest absolute Gasteiger partial charge is 0.343 e. The molecule has 1 atom stereocenters. The quantitative estimate of drug-likeness (QED) is 0.637. The van der Waals surface area contributed by atoms with E-state index in [0.29, 0.717) is 5.75 Å². The molecule has 0 aliphatic heterocycles. The van der Waals surface area contributed by atoms with Crippen molar-refractivity contribution in [3.63, 3.8) is 0 Å². The van der Waals surface area contributed by atoms with Crippen LogP contribution in [0.5, 0.6) is 0 Å². The highest BCUT2D eigenvalue weighted by atomic mass is 32.2. The van der Waals surface area contributed by atoms with Gasteiger partial charge in [0.15, 0.2) is 0 Å². The Kier molecular flexibility index (Phi) is 4.33. The van der Waals surface area contributed by atoms with Crippen molar-refractivity contribution in [2.24, 2.45) is 0 Å². The summed E-state index contributed by atoms with van der Waals surface area (Å²) >= 11 is 0. The average molecular weight is 257 g/mol. The van der Waals surface area contributed by atoms with Gasteiger partial charge < -0.3 is 5.11 Å². The zero-order chi connectivity index (χ0) is 13.0. The lowest BCUT2D eigenvalue weighted by Gasteiger charge is -2.05. The highest BCUT2D eigenvalue weighted by Gasteiger charge is 2.23. The molecule has 7 heteroatoms. The van der Waals surface area contributed by atoms with Crippen molar-refractivity contribution < 1.29 is 19.0 Å². The molecule has 1 aromatic carbocycles. The van der Waals surface area contributed by atoms with Gasteiger partial charge >= 0.3 is 5.97 Å². The van der Waals surface area contributed by atoms with E-state index in [-0.39, 0.29) is 16.9 Å². The molecule has 0 aliphatic carbocycles. The molecule has 92 valence electrons. The van der Waals surface area contributed by atoms with Gasteiger partial charge in [0.25, 0.3) is 5.69 Å². The Morgan fingerprint density at radius 3 is 2.65 bits per heavy atom. The number of nitro groups is 1. The molecule has 17 heavy (non-hydrogen) atoms. The van der Waals surface area contributed by atoms with Crippen molar-refractivity contribution in [3.05, 3.63) is 39.4 Å². The van der Waals surface area contributed by atoms with Gasteiger partial charge in [0.05, 0.1) is 4.92 Å². The Bertz CT molecular complexity index is 486. The summed E-state index contributed by atoms with van der Waals surface area (Å²) in [5, 5.41) is 19.7. The first-order valence-electron chi connectivity index (χ1n) is 4.82. The second kappa shape index (κ2) is 5.53. The molecule has 0 aromatic heterocycles. The van der Waals surface area contributed by atoms with E-state index in [1.54, 1.807) is 6.92 Å². The summed E-state index contributed by atoms with van der Waals surface area (Å²) in [5.74, 6) is -0.984. The maximum Gasteiger partial charge on any atom is 0.343 e. The summed E-state index contributed by atoms with van der Waals surface area (Å²) in [6.45, 7) is 1.70. The van der Waals surface area contributed by atoms with Crippen molar-refractivity contribution in [2.75, 3.05) is 5.75 Å². The van der Waals surface area contributed by atoms with Crippen LogP contribution < -0.4 is 0 Å². The number of hydrogen-bond donors (Lipinski definition) is 1. The minimum absolute atomic E-state index is 0.0137. The number of nitrogens with zero attached hydrogens (tertiary/aromatic N) is 1. The summed E-state index contributed by atoms with van der Waals surface area (Å²) in [4.78, 5) is 21.0. The van der Waals surface area contributed by atoms with Gasteiger partial charge in [0.2, 0.25) is 0 Å². The topological polar surface area (TPSA) is 97.5 Å². The maximum atomic E-state index is 11.4. The minimum atomic E-state index is -1.37. The summed E-state index contributed by atoms with van der Waals surface area (Å²) in [7, 11) is -1.21. The third kappa shape index (κ3) is 3.10. The van der Waals surface area contributed by atoms with E-state index >= 15 is 0 Å². The molecule has 1 unspecified atom stereocenters. The molecule has 0 radical (unpaired) electrons. The Labute approximate surface area is 99.9 Å². The van der Waals surface area contributed by atoms with E-state index in [1.807, 2.05) is 0 Å². The predicted octanol–water partition coefficient (Wildman–Crippen LogP) is 1.56. The summed E-state index contributed by atoms with van der Waals surface area (Å²) in [6.07, 6.45) is 0. The van der Waals surface area contributed by atoms with Crippen molar-refractivity contribution in [1.82, 2.24) is 0 Å². The van der Waals surface area contributed by atoms with E-state index in [0.717, 1.165) is 6.07 Å². The fourth-order valence-corrected chi connectivity index (χ4v) is 2.17. The zero-order valence-electron chi connectivity index (χ0n) is 9.08. The lowest BCUT2D eigenvalue weighted by Crippen LogP contribution is -2.09. The van der Waals surface area contributed by atoms with Crippen LogP contribution in [0.1, 0.15) is 22.8 Å². The standard InChI is InChI=1S/C10H11NO5S/c1-2-17(16)6-7-4-3-5-8(11(14)15)9(7)10(12)13/h3-5H,2,6H2,1H3,(H,12,13). The summed E-state index contributed by atoms with van der Waals surface area (Å²) in [5.41, 5.74) is -0.616. The number of aromatic carboxylic acids is 1. The molecule has 1 aromatic rings. The molecule has 0 aliphatic rings. The average Bonchev–Trinajstić information content (AvgIpc) is 2.28. The van der Waals surface area contributed by atoms with Crippen LogP contribution in [-0.4, -0.2) is 26.0 Å². The molecular weight excluding hydrogens is 246 g/mol. The Morgan fingerprint density at radius 2 is 2.18 bits per heavy atom. The first-order chi connectivity index (χ1) is 7.97. The molecule has 0 saturated heterocycles. The molecule has 0 amide bonds. The number of benzene rings is 1. The second-order valence-electron chi connectivity index (χ2n) is 3.25. The lowest BCUT2D eigenvalue weighted by molar-refractivity contribution is -0.385. The van der Waals surface area contributed by atoms with E-state index in [1.165, 1.54) is 12.1 Å². The fourth-order valence-electron chi connectivity index (χ4n) is 1.38. The van der Waals surface area contributed by atoms with Gasteiger partial charge in [-0.05, 0) is 5.56 Å². The molecule has 0 spiro atoms. The Balaban J connectivity index is 3.30. The van der Waals surface area contributed by atoms with E-state index in [9.17, 15) is 19.1 Å². The molecule has 0 heterocycles. The summed E-state index contributed by atoms with van der Waals surface area (Å²) < 4.78 is 11.4. The largest absolute Gasteiger partial charge is 0.477 e. The normalized spacial score (nSPS) is 12.1. The molecule has 0 bridgehead atoms. The van der Waals surface area contributed by atoms with Crippen LogP contribution in [0.3, 0.4) is 0 Å². The minimum Gasteiger partial charge on any atom is -0.477 e. The van der Waals surface area contributed by atoms with E-state index in [4.69, 9.17) is 5.11 Å². The lowest BCUT2D eigenvalue weighted by atomic mass is 10.1. The molecule has 0 saturated carbocycles. The first-order valence-corrected chi connectivity index (χ1v) is 6.30. The fraction of sp³-hybridized carbons (Fsp3) is 0.300. The highest BCUT2D eigenvalue weighted by Crippen LogP contribution is 2.23. The number of nitro benzene ring substituents is 1. The van der Waals surface area contributed by atoms with Crippen LogP contribution in [0.15, 0.2) is 18.2 Å². The number of carbonyl (C=O) groups is 1. The van der Waals surface area contributed by atoms with E-state index < -0.39 is 27.4 Å². The van der Waals surface area contributed by atoms with Gasteiger partial charge in [-0.25, -0.2) is 4.79 Å². The third-order valence-corrected chi connectivity index (χ3v) is 3.45. The van der Waals surface area contributed by atoms with Crippen molar-refractivity contribution >= 4 is 22.5 Å². The summed E-state index contributed by atoms with van der Waals surface area (Å²) in [6, 6.07) is 3.97. The van der Waals surface area contributed by atoms with Crippen LogP contribution in [0, 0.1) is 10.1 Å². The maximum absolute atomic E-state index is 11.4. The Morgan fingerprint density at radius 1 is 1.53 bits per heavy atom. The van der Waals surface area contributed by atoms with Crippen LogP contribution in [0.25, 0.3) is 0 Å². The predicted molar refractivity (Wildman–Crippen MR) is 62.4 cm³/mol. The van der Waals surface area contributed by atoms with Crippen LogP contribution >= 0.6 is 0 Å². The van der Waals surface area contributed by atoms with Crippen molar-refractivity contribution in [2.45, 2.75) is 12.7 Å². The van der Waals surface area contributed by atoms with Crippen LogP contribution in [0.4, 0.5) is 5.69 Å². The van der Waals surface area contributed by atoms with Crippen LogP contribution in [0.2, 0.25) is 0 Å². The number of rotatable bonds is 5.